The average Bonchev–Trinajstić information content (AvgIpc) is 3.10. The van der Waals surface area contributed by atoms with Gasteiger partial charge in [-0.2, -0.15) is 21.4 Å². The van der Waals surface area contributed by atoms with Crippen LogP contribution in [-0.2, 0) is 18.6 Å². The predicted octanol–water partition coefficient (Wildman–Crippen LogP) is 4.00. The van der Waals surface area contributed by atoms with Crippen LogP contribution in [0.2, 0.25) is 0 Å². The molecule has 0 bridgehead atoms. The molecule has 0 saturated heterocycles. The van der Waals surface area contributed by atoms with Crippen LogP contribution in [0, 0.1) is 0 Å². The molecule has 0 fully saturated rings. The minimum atomic E-state index is 0.891. The van der Waals surface area contributed by atoms with Crippen LogP contribution in [0.4, 0.5) is 0 Å². The van der Waals surface area contributed by atoms with Crippen molar-refractivity contribution in [2.24, 2.45) is 0 Å². The molecule has 0 amide bonds. The van der Waals surface area contributed by atoms with Crippen LogP contribution in [0.5, 0.6) is 0 Å². The number of benzene rings is 1. The Bertz CT molecular complexity index is 705. The Morgan fingerprint density at radius 1 is 1.14 bits per heavy atom. The first-order valence-electron chi connectivity index (χ1n) is 7.68. The van der Waals surface area contributed by atoms with Gasteiger partial charge in [-0.1, -0.05) is 48.6 Å². The van der Waals surface area contributed by atoms with E-state index in [9.17, 15) is 0 Å². The standard InChI is InChI=1S/C16H20N4S2/c1-2-11-21-12-14-17-18-16-20(14)19-15(22-16)10-6-9-13-7-4-3-5-8-13/h3-5,7-8H,2,6,9-12H2,1H3. The maximum atomic E-state index is 4.68. The molecule has 6 heteroatoms. The van der Waals surface area contributed by atoms with Gasteiger partial charge in [-0.3, -0.25) is 0 Å². The number of nitrogens with zero attached hydrogens (tertiary/aromatic N) is 4. The minimum Gasteiger partial charge on any atom is -0.186 e. The van der Waals surface area contributed by atoms with E-state index in [1.165, 1.54) is 12.0 Å². The van der Waals surface area contributed by atoms with Gasteiger partial charge in [-0.25, -0.2) is 0 Å². The van der Waals surface area contributed by atoms with E-state index in [0.29, 0.717) is 0 Å². The summed E-state index contributed by atoms with van der Waals surface area (Å²) < 4.78 is 1.92. The smallest absolute Gasteiger partial charge is 0.186 e. The van der Waals surface area contributed by atoms with Crippen molar-refractivity contribution in [1.82, 2.24) is 19.8 Å². The summed E-state index contributed by atoms with van der Waals surface area (Å²) in [5.41, 5.74) is 1.39. The molecule has 1 aromatic carbocycles. The molecular formula is C16H20N4S2. The number of hydrogen-bond acceptors (Lipinski definition) is 5. The highest BCUT2D eigenvalue weighted by molar-refractivity contribution is 7.98. The highest BCUT2D eigenvalue weighted by Gasteiger charge is 2.11. The highest BCUT2D eigenvalue weighted by Crippen LogP contribution is 2.19. The molecule has 22 heavy (non-hydrogen) atoms. The van der Waals surface area contributed by atoms with Crippen molar-refractivity contribution >= 4 is 28.1 Å². The van der Waals surface area contributed by atoms with E-state index in [-0.39, 0.29) is 0 Å². The van der Waals surface area contributed by atoms with Gasteiger partial charge in [0.2, 0.25) is 4.96 Å². The van der Waals surface area contributed by atoms with Crippen LogP contribution in [0.25, 0.3) is 4.96 Å². The molecule has 116 valence electrons. The summed E-state index contributed by atoms with van der Waals surface area (Å²) in [5.74, 6) is 3.02. The number of aromatic nitrogens is 4. The molecule has 0 aliphatic heterocycles. The summed E-state index contributed by atoms with van der Waals surface area (Å²) in [4.78, 5) is 0.918. The molecule has 0 N–H and O–H groups in total. The Labute approximate surface area is 139 Å². The van der Waals surface area contributed by atoms with Crippen molar-refractivity contribution in [3.63, 3.8) is 0 Å². The monoisotopic (exact) mass is 332 g/mol. The molecular weight excluding hydrogens is 312 g/mol. The lowest BCUT2D eigenvalue weighted by molar-refractivity contribution is 0.777. The zero-order chi connectivity index (χ0) is 15.2. The number of hydrogen-bond donors (Lipinski definition) is 0. The molecule has 3 rings (SSSR count). The maximum absolute atomic E-state index is 4.68. The van der Waals surface area contributed by atoms with Gasteiger partial charge in [0, 0.05) is 6.42 Å². The van der Waals surface area contributed by atoms with E-state index in [1.54, 1.807) is 11.3 Å². The molecule has 3 aromatic rings. The van der Waals surface area contributed by atoms with Crippen LogP contribution >= 0.6 is 23.1 Å². The molecule has 0 aliphatic rings. The quantitative estimate of drug-likeness (QED) is 0.585. The van der Waals surface area contributed by atoms with Crippen LogP contribution in [-0.4, -0.2) is 25.6 Å². The van der Waals surface area contributed by atoms with Gasteiger partial charge in [0.05, 0.1) is 5.75 Å². The van der Waals surface area contributed by atoms with Crippen molar-refractivity contribution in [3.05, 3.63) is 46.7 Å². The third-order valence-corrected chi connectivity index (χ3v) is 5.49. The summed E-state index contributed by atoms with van der Waals surface area (Å²) in [6, 6.07) is 10.6. The molecule has 2 heterocycles. The van der Waals surface area contributed by atoms with E-state index in [2.05, 4.69) is 52.6 Å². The molecule has 4 nitrogen and oxygen atoms in total. The highest BCUT2D eigenvalue weighted by atomic mass is 32.2. The third-order valence-electron chi connectivity index (χ3n) is 3.38. The summed E-state index contributed by atoms with van der Waals surface area (Å²) in [6.45, 7) is 2.19. The Balaban J connectivity index is 1.58. The summed E-state index contributed by atoms with van der Waals surface area (Å²) in [6.07, 6.45) is 4.41. The Kier molecular flexibility index (Phi) is 5.45. The first kappa shape index (κ1) is 15.5. The van der Waals surface area contributed by atoms with E-state index in [4.69, 9.17) is 0 Å². The summed E-state index contributed by atoms with van der Waals surface area (Å²) >= 11 is 3.55. The van der Waals surface area contributed by atoms with E-state index in [1.807, 2.05) is 16.3 Å². The first-order valence-corrected chi connectivity index (χ1v) is 9.65. The zero-order valence-electron chi connectivity index (χ0n) is 12.7. The molecule has 0 saturated carbocycles. The van der Waals surface area contributed by atoms with E-state index < -0.39 is 0 Å². The molecule has 0 radical (unpaired) electrons. The van der Waals surface area contributed by atoms with Gasteiger partial charge in [-0.15, -0.1) is 10.2 Å². The predicted molar refractivity (Wildman–Crippen MR) is 93.6 cm³/mol. The first-order chi connectivity index (χ1) is 10.9. The average molecular weight is 332 g/mol. The van der Waals surface area contributed by atoms with Crippen LogP contribution in [0.1, 0.15) is 36.2 Å². The molecule has 2 aromatic heterocycles. The van der Waals surface area contributed by atoms with Gasteiger partial charge in [0.25, 0.3) is 0 Å². The number of thioether (sulfide) groups is 1. The number of fused-ring (bicyclic) bond motifs is 1. The summed E-state index contributed by atoms with van der Waals surface area (Å²) in [7, 11) is 0. The SMILES string of the molecule is CCCSCc1nnc2sc(CCCc3ccccc3)nn12. The number of rotatable bonds is 8. The Hall–Kier alpha value is -1.40. The second-order valence-electron chi connectivity index (χ2n) is 5.20. The van der Waals surface area contributed by atoms with E-state index >= 15 is 0 Å². The minimum absolute atomic E-state index is 0.891. The van der Waals surface area contributed by atoms with Crippen molar-refractivity contribution in [2.75, 3.05) is 5.75 Å². The van der Waals surface area contributed by atoms with Crippen molar-refractivity contribution in [2.45, 2.75) is 38.4 Å². The third kappa shape index (κ3) is 3.87. The lowest BCUT2D eigenvalue weighted by Crippen LogP contribution is -1.96. The van der Waals surface area contributed by atoms with Crippen LogP contribution in [0.3, 0.4) is 0 Å². The summed E-state index contributed by atoms with van der Waals surface area (Å²) in [5, 5.41) is 14.3. The maximum Gasteiger partial charge on any atom is 0.234 e. The fraction of sp³-hybridized carbons (Fsp3) is 0.438. The molecule has 0 unspecified atom stereocenters. The lowest BCUT2D eigenvalue weighted by atomic mass is 10.1. The molecule has 0 atom stereocenters. The molecule has 0 aliphatic carbocycles. The van der Waals surface area contributed by atoms with Crippen LogP contribution in [0.15, 0.2) is 30.3 Å². The number of aryl methyl sites for hydroxylation is 2. The van der Waals surface area contributed by atoms with Crippen molar-refractivity contribution in [3.8, 4) is 0 Å². The second kappa shape index (κ2) is 7.74. The van der Waals surface area contributed by atoms with Gasteiger partial charge in [-0.05, 0) is 30.6 Å². The van der Waals surface area contributed by atoms with Gasteiger partial charge in [0.1, 0.15) is 5.01 Å². The van der Waals surface area contributed by atoms with Gasteiger partial charge >= 0.3 is 0 Å². The van der Waals surface area contributed by atoms with Crippen LogP contribution < -0.4 is 0 Å². The normalized spacial score (nSPS) is 11.3. The largest absolute Gasteiger partial charge is 0.234 e. The Morgan fingerprint density at radius 2 is 2.00 bits per heavy atom. The fourth-order valence-electron chi connectivity index (χ4n) is 2.28. The van der Waals surface area contributed by atoms with Gasteiger partial charge < -0.3 is 0 Å². The van der Waals surface area contributed by atoms with E-state index in [0.717, 1.165) is 46.6 Å². The zero-order valence-corrected chi connectivity index (χ0v) is 14.4. The molecule has 0 spiro atoms. The Morgan fingerprint density at radius 3 is 2.82 bits per heavy atom. The van der Waals surface area contributed by atoms with Gasteiger partial charge in [0.15, 0.2) is 5.82 Å². The second-order valence-corrected chi connectivity index (χ2v) is 7.34. The van der Waals surface area contributed by atoms with Crippen molar-refractivity contribution < 1.29 is 0 Å². The topological polar surface area (TPSA) is 43.1 Å². The lowest BCUT2D eigenvalue weighted by Gasteiger charge is -1.99. The fourth-order valence-corrected chi connectivity index (χ4v) is 3.97. The van der Waals surface area contributed by atoms with Crippen molar-refractivity contribution in [1.29, 1.82) is 0 Å².